The predicted octanol–water partition coefficient (Wildman–Crippen LogP) is 1.70. The van der Waals surface area contributed by atoms with E-state index in [0.29, 0.717) is 11.3 Å². The second-order valence-corrected chi connectivity index (χ2v) is 4.08. The number of carbonyl (C=O) groups excluding carboxylic acids is 1. The van der Waals surface area contributed by atoms with Crippen molar-refractivity contribution < 1.29 is 4.79 Å². The SMILES string of the molecule is Cn1cccc(NC(=O)c2ccsc2)c1=O. The van der Waals surface area contributed by atoms with Crippen LogP contribution in [0.3, 0.4) is 0 Å². The lowest BCUT2D eigenvalue weighted by atomic mass is 10.3. The van der Waals surface area contributed by atoms with Crippen molar-refractivity contribution in [1.82, 2.24) is 4.57 Å². The highest BCUT2D eigenvalue weighted by Crippen LogP contribution is 2.08. The zero-order valence-corrected chi connectivity index (χ0v) is 9.45. The minimum atomic E-state index is -0.260. The number of hydrogen-bond donors (Lipinski definition) is 1. The summed E-state index contributed by atoms with van der Waals surface area (Å²) < 4.78 is 1.42. The molecule has 0 bridgehead atoms. The summed E-state index contributed by atoms with van der Waals surface area (Å²) in [6.45, 7) is 0. The predicted molar refractivity (Wildman–Crippen MR) is 64.0 cm³/mol. The minimum Gasteiger partial charge on any atom is -0.317 e. The molecule has 82 valence electrons. The van der Waals surface area contributed by atoms with Gasteiger partial charge < -0.3 is 9.88 Å². The van der Waals surface area contributed by atoms with E-state index in [2.05, 4.69) is 5.32 Å². The molecule has 0 atom stereocenters. The maximum atomic E-state index is 11.7. The molecule has 2 rings (SSSR count). The standard InChI is InChI=1S/C11H10N2O2S/c1-13-5-2-3-9(11(13)15)12-10(14)8-4-6-16-7-8/h2-7H,1H3,(H,12,14). The molecule has 0 saturated heterocycles. The van der Waals surface area contributed by atoms with E-state index in [-0.39, 0.29) is 11.5 Å². The molecule has 4 nitrogen and oxygen atoms in total. The summed E-state index contributed by atoms with van der Waals surface area (Å²) in [5.41, 5.74) is 0.642. The molecule has 0 aliphatic rings. The van der Waals surface area contributed by atoms with Crippen LogP contribution in [0.5, 0.6) is 0 Å². The first-order chi connectivity index (χ1) is 7.68. The van der Waals surface area contributed by atoms with Gasteiger partial charge in [-0.15, -0.1) is 0 Å². The van der Waals surface area contributed by atoms with Gasteiger partial charge in [-0.2, -0.15) is 11.3 Å². The molecule has 0 fully saturated rings. The Bertz CT molecular complexity index is 558. The Morgan fingerprint density at radius 3 is 2.94 bits per heavy atom. The van der Waals surface area contributed by atoms with E-state index < -0.39 is 0 Å². The van der Waals surface area contributed by atoms with Gasteiger partial charge >= 0.3 is 0 Å². The van der Waals surface area contributed by atoms with Gasteiger partial charge in [-0.05, 0) is 23.6 Å². The number of amides is 1. The van der Waals surface area contributed by atoms with Crippen LogP contribution in [0.2, 0.25) is 0 Å². The number of thiophene rings is 1. The molecule has 2 aromatic heterocycles. The van der Waals surface area contributed by atoms with Gasteiger partial charge in [0, 0.05) is 18.6 Å². The van der Waals surface area contributed by atoms with Crippen molar-refractivity contribution >= 4 is 22.9 Å². The Balaban J connectivity index is 2.25. The van der Waals surface area contributed by atoms with Crippen LogP contribution >= 0.6 is 11.3 Å². The zero-order valence-electron chi connectivity index (χ0n) is 8.64. The number of rotatable bonds is 2. The molecule has 1 amide bonds. The fraction of sp³-hybridized carbons (Fsp3) is 0.0909. The molecule has 0 saturated carbocycles. The lowest BCUT2D eigenvalue weighted by Crippen LogP contribution is -2.23. The van der Waals surface area contributed by atoms with Gasteiger partial charge in [0.25, 0.3) is 11.5 Å². The largest absolute Gasteiger partial charge is 0.317 e. The molecule has 5 heteroatoms. The molecule has 0 aliphatic carbocycles. The molecule has 0 aliphatic heterocycles. The van der Waals surface area contributed by atoms with Gasteiger partial charge in [0.15, 0.2) is 0 Å². The van der Waals surface area contributed by atoms with Crippen LogP contribution in [0.4, 0.5) is 5.69 Å². The van der Waals surface area contributed by atoms with Crippen LogP contribution in [0.25, 0.3) is 0 Å². The fourth-order valence-corrected chi connectivity index (χ4v) is 1.92. The smallest absolute Gasteiger partial charge is 0.274 e. The highest BCUT2D eigenvalue weighted by Gasteiger charge is 2.08. The third kappa shape index (κ3) is 2.04. The van der Waals surface area contributed by atoms with Crippen LogP contribution < -0.4 is 10.9 Å². The van der Waals surface area contributed by atoms with Gasteiger partial charge in [0.2, 0.25) is 0 Å². The van der Waals surface area contributed by atoms with Crippen molar-refractivity contribution in [3.05, 3.63) is 51.1 Å². The molecule has 0 unspecified atom stereocenters. The number of nitrogens with one attached hydrogen (secondary N) is 1. The Hall–Kier alpha value is -1.88. The highest BCUT2D eigenvalue weighted by atomic mass is 32.1. The summed E-state index contributed by atoms with van der Waals surface area (Å²) in [4.78, 5) is 23.3. The molecule has 0 aromatic carbocycles. The lowest BCUT2D eigenvalue weighted by molar-refractivity contribution is 0.102. The first-order valence-electron chi connectivity index (χ1n) is 4.67. The maximum absolute atomic E-state index is 11.7. The van der Waals surface area contributed by atoms with Crippen LogP contribution in [-0.4, -0.2) is 10.5 Å². The minimum absolute atomic E-state index is 0.217. The number of carbonyl (C=O) groups is 1. The molecule has 2 heterocycles. The van der Waals surface area contributed by atoms with Crippen LogP contribution in [-0.2, 0) is 7.05 Å². The lowest BCUT2D eigenvalue weighted by Gasteiger charge is -2.04. The molecule has 0 radical (unpaired) electrons. The monoisotopic (exact) mass is 234 g/mol. The van der Waals surface area contributed by atoms with E-state index in [1.165, 1.54) is 15.9 Å². The zero-order chi connectivity index (χ0) is 11.5. The van der Waals surface area contributed by atoms with E-state index in [0.717, 1.165) is 0 Å². The molecular formula is C11H10N2O2S. The van der Waals surface area contributed by atoms with Gasteiger partial charge in [0.05, 0.1) is 5.56 Å². The van der Waals surface area contributed by atoms with Crippen LogP contribution in [0.15, 0.2) is 40.0 Å². The average Bonchev–Trinajstić information content (AvgIpc) is 2.78. The van der Waals surface area contributed by atoms with Gasteiger partial charge in [-0.25, -0.2) is 0 Å². The summed E-state index contributed by atoms with van der Waals surface area (Å²) in [7, 11) is 1.64. The number of pyridine rings is 1. The second kappa shape index (κ2) is 4.32. The van der Waals surface area contributed by atoms with Crippen molar-refractivity contribution in [3.63, 3.8) is 0 Å². The van der Waals surface area contributed by atoms with Gasteiger partial charge in [0.1, 0.15) is 5.69 Å². The first kappa shape index (κ1) is 10.6. The Kier molecular flexibility index (Phi) is 2.87. The summed E-state index contributed by atoms with van der Waals surface area (Å²) in [5.74, 6) is -0.260. The van der Waals surface area contributed by atoms with Crippen LogP contribution in [0.1, 0.15) is 10.4 Å². The van der Waals surface area contributed by atoms with E-state index in [4.69, 9.17) is 0 Å². The van der Waals surface area contributed by atoms with Crippen molar-refractivity contribution in [1.29, 1.82) is 0 Å². The molecule has 0 spiro atoms. The molecule has 2 aromatic rings. The van der Waals surface area contributed by atoms with Crippen molar-refractivity contribution in [2.45, 2.75) is 0 Å². The topological polar surface area (TPSA) is 51.1 Å². The Labute approximate surface area is 96.2 Å². The second-order valence-electron chi connectivity index (χ2n) is 3.30. The van der Waals surface area contributed by atoms with Crippen LogP contribution in [0, 0.1) is 0 Å². The molecular weight excluding hydrogens is 224 g/mol. The first-order valence-corrected chi connectivity index (χ1v) is 5.62. The maximum Gasteiger partial charge on any atom is 0.274 e. The number of nitrogens with zero attached hydrogens (tertiary/aromatic N) is 1. The Morgan fingerprint density at radius 2 is 2.25 bits per heavy atom. The number of anilines is 1. The quantitative estimate of drug-likeness (QED) is 0.859. The third-order valence-electron chi connectivity index (χ3n) is 2.15. The van der Waals surface area contributed by atoms with Crippen molar-refractivity contribution in [3.8, 4) is 0 Å². The average molecular weight is 234 g/mol. The van der Waals surface area contributed by atoms with E-state index >= 15 is 0 Å². The number of aryl methyl sites for hydroxylation is 1. The molecule has 16 heavy (non-hydrogen) atoms. The summed E-state index contributed by atoms with van der Waals surface area (Å²) >= 11 is 1.44. The third-order valence-corrected chi connectivity index (χ3v) is 2.84. The van der Waals surface area contributed by atoms with Gasteiger partial charge in [-0.1, -0.05) is 0 Å². The van der Waals surface area contributed by atoms with E-state index in [1.807, 2.05) is 5.38 Å². The van der Waals surface area contributed by atoms with Crippen molar-refractivity contribution in [2.24, 2.45) is 7.05 Å². The van der Waals surface area contributed by atoms with Gasteiger partial charge in [-0.3, -0.25) is 9.59 Å². The highest BCUT2D eigenvalue weighted by molar-refractivity contribution is 7.08. The normalized spacial score (nSPS) is 10.1. The number of hydrogen-bond acceptors (Lipinski definition) is 3. The van der Waals surface area contributed by atoms with E-state index in [9.17, 15) is 9.59 Å². The van der Waals surface area contributed by atoms with Crippen molar-refractivity contribution in [2.75, 3.05) is 5.32 Å². The Morgan fingerprint density at radius 1 is 1.44 bits per heavy atom. The number of aromatic nitrogens is 1. The molecule has 1 N–H and O–H groups in total. The summed E-state index contributed by atoms with van der Waals surface area (Å²) in [6.07, 6.45) is 1.64. The summed E-state index contributed by atoms with van der Waals surface area (Å²) in [5, 5.41) is 6.14. The van der Waals surface area contributed by atoms with E-state index in [1.54, 1.807) is 36.8 Å². The fourth-order valence-electron chi connectivity index (χ4n) is 1.28. The summed E-state index contributed by atoms with van der Waals surface area (Å²) in [6, 6.07) is 5.02.